The summed E-state index contributed by atoms with van der Waals surface area (Å²) in [5, 5.41) is 11.9. The Morgan fingerprint density at radius 1 is 1.43 bits per heavy atom. The van der Waals surface area contributed by atoms with Crippen LogP contribution in [0.4, 0.5) is 19.0 Å². The topological polar surface area (TPSA) is 48.4 Å². The van der Waals surface area contributed by atoms with Crippen molar-refractivity contribution in [3.63, 3.8) is 0 Å². The van der Waals surface area contributed by atoms with E-state index >= 15 is 0 Å². The molecule has 2 heterocycles. The molecule has 0 radical (unpaired) electrons. The molecule has 1 atom stereocenters. The van der Waals surface area contributed by atoms with Gasteiger partial charge in [0.25, 0.3) is 0 Å². The zero-order chi connectivity index (χ0) is 15.3. The number of hydrogen-bond acceptors (Lipinski definition) is 4. The number of nitrogens with one attached hydrogen (secondary N) is 1. The Balaban J connectivity index is 1.86. The highest BCUT2D eigenvalue weighted by molar-refractivity contribution is 5.45. The lowest BCUT2D eigenvalue weighted by molar-refractivity contribution is -0.137. The van der Waals surface area contributed by atoms with Crippen molar-refractivity contribution in [1.29, 1.82) is 0 Å². The second-order valence-corrected chi connectivity index (χ2v) is 5.32. The van der Waals surface area contributed by atoms with E-state index in [9.17, 15) is 13.2 Å². The number of aliphatic hydroxyl groups excluding tert-OH is 1. The van der Waals surface area contributed by atoms with Gasteiger partial charge < -0.3 is 15.3 Å². The second kappa shape index (κ2) is 7.09. The highest BCUT2D eigenvalue weighted by Gasteiger charge is 2.34. The van der Waals surface area contributed by atoms with Crippen molar-refractivity contribution in [2.45, 2.75) is 19.0 Å². The quantitative estimate of drug-likeness (QED) is 0.875. The Bertz CT molecular complexity index is 453. The van der Waals surface area contributed by atoms with Crippen molar-refractivity contribution in [1.82, 2.24) is 9.88 Å². The molecule has 2 N–H and O–H groups in total. The lowest BCUT2D eigenvalue weighted by Gasteiger charge is -2.31. The minimum atomic E-state index is -4.40. The maximum atomic E-state index is 12.8. The van der Waals surface area contributed by atoms with E-state index < -0.39 is 11.7 Å². The van der Waals surface area contributed by atoms with E-state index in [-0.39, 0.29) is 18.3 Å². The van der Waals surface area contributed by atoms with Crippen LogP contribution in [0.1, 0.15) is 18.4 Å². The number of hydrogen-bond donors (Lipinski definition) is 2. The number of nitrogens with zero attached hydrogens (tertiary/aromatic N) is 2. The van der Waals surface area contributed by atoms with Crippen molar-refractivity contribution in [3.05, 3.63) is 23.9 Å². The fourth-order valence-corrected chi connectivity index (χ4v) is 2.61. The van der Waals surface area contributed by atoms with Gasteiger partial charge in [-0.15, -0.1) is 0 Å². The average Bonchev–Trinajstić information content (AvgIpc) is 2.47. The third-order valence-corrected chi connectivity index (χ3v) is 3.69. The van der Waals surface area contributed by atoms with E-state index in [0.717, 1.165) is 32.0 Å². The van der Waals surface area contributed by atoms with Gasteiger partial charge in [0.15, 0.2) is 0 Å². The van der Waals surface area contributed by atoms with E-state index in [0.29, 0.717) is 13.1 Å². The third kappa shape index (κ3) is 4.57. The smallest absolute Gasteiger partial charge is 0.396 e. The van der Waals surface area contributed by atoms with Gasteiger partial charge in [-0.25, -0.2) is 4.98 Å². The fraction of sp³-hybridized carbons (Fsp3) is 0.643. The largest absolute Gasteiger partial charge is 0.419 e. The first kappa shape index (κ1) is 16.0. The number of aromatic nitrogens is 1. The van der Waals surface area contributed by atoms with Gasteiger partial charge in [-0.2, -0.15) is 13.2 Å². The number of pyridine rings is 1. The summed E-state index contributed by atoms with van der Waals surface area (Å²) in [7, 11) is 0. The van der Waals surface area contributed by atoms with E-state index in [4.69, 9.17) is 5.11 Å². The lowest BCUT2D eigenvalue weighted by atomic mass is 9.99. The molecule has 2 rings (SSSR count). The Hall–Kier alpha value is -1.34. The van der Waals surface area contributed by atoms with Gasteiger partial charge in [0.2, 0.25) is 0 Å². The van der Waals surface area contributed by atoms with Crippen molar-refractivity contribution < 1.29 is 18.3 Å². The van der Waals surface area contributed by atoms with Gasteiger partial charge in [-0.3, -0.25) is 0 Å². The summed E-state index contributed by atoms with van der Waals surface area (Å²) >= 11 is 0. The summed E-state index contributed by atoms with van der Waals surface area (Å²) in [4.78, 5) is 5.93. The number of likely N-dealkylation sites (tertiary alicyclic amines) is 1. The third-order valence-electron chi connectivity index (χ3n) is 3.69. The minimum Gasteiger partial charge on any atom is -0.396 e. The van der Waals surface area contributed by atoms with Gasteiger partial charge in [-0.1, -0.05) is 0 Å². The molecule has 1 aliphatic rings. The van der Waals surface area contributed by atoms with Crippen LogP contribution in [0.15, 0.2) is 18.3 Å². The zero-order valence-electron chi connectivity index (χ0n) is 11.7. The van der Waals surface area contributed by atoms with E-state index in [2.05, 4.69) is 15.2 Å². The van der Waals surface area contributed by atoms with Crippen molar-refractivity contribution in [2.75, 3.05) is 38.1 Å². The molecule has 0 aliphatic carbocycles. The first-order valence-corrected chi connectivity index (χ1v) is 7.10. The maximum Gasteiger partial charge on any atom is 0.419 e. The van der Waals surface area contributed by atoms with Crippen LogP contribution >= 0.6 is 0 Å². The molecular formula is C14H20F3N3O. The molecule has 21 heavy (non-hydrogen) atoms. The predicted molar refractivity (Wildman–Crippen MR) is 74.0 cm³/mol. The van der Waals surface area contributed by atoms with E-state index in [1.807, 2.05) is 0 Å². The Morgan fingerprint density at radius 2 is 2.24 bits per heavy atom. The Kier molecular flexibility index (Phi) is 5.41. The molecule has 0 unspecified atom stereocenters. The molecule has 1 saturated heterocycles. The van der Waals surface area contributed by atoms with Crippen molar-refractivity contribution in [2.24, 2.45) is 5.92 Å². The Morgan fingerprint density at radius 3 is 2.95 bits per heavy atom. The van der Waals surface area contributed by atoms with Gasteiger partial charge >= 0.3 is 6.18 Å². The molecule has 4 nitrogen and oxygen atoms in total. The van der Waals surface area contributed by atoms with Gasteiger partial charge in [0, 0.05) is 32.4 Å². The maximum absolute atomic E-state index is 12.8. The first-order valence-electron chi connectivity index (χ1n) is 7.10. The highest BCUT2D eigenvalue weighted by atomic mass is 19.4. The molecule has 1 aliphatic heterocycles. The number of alkyl halides is 3. The molecule has 118 valence electrons. The zero-order valence-corrected chi connectivity index (χ0v) is 11.7. The van der Waals surface area contributed by atoms with Crippen LogP contribution in [0.3, 0.4) is 0 Å². The van der Waals surface area contributed by atoms with Crippen LogP contribution < -0.4 is 5.32 Å². The predicted octanol–water partition coefficient (Wildman–Crippen LogP) is 2.22. The standard InChI is InChI=1S/C14H20F3N3O/c15-14(16,17)12-4-1-5-18-13(12)19-6-8-20-7-2-3-11(9-20)10-21/h1,4-5,11,21H,2-3,6-10H2,(H,18,19)/t11-/m1/s1. The van der Waals surface area contributed by atoms with E-state index in [1.165, 1.54) is 12.3 Å². The van der Waals surface area contributed by atoms with Crippen LogP contribution in [-0.4, -0.2) is 47.8 Å². The molecule has 0 spiro atoms. The average molecular weight is 303 g/mol. The Labute approximate surface area is 122 Å². The number of halogens is 3. The van der Waals surface area contributed by atoms with Gasteiger partial charge in [-0.05, 0) is 37.4 Å². The second-order valence-electron chi connectivity index (χ2n) is 5.32. The molecular weight excluding hydrogens is 283 g/mol. The molecule has 0 aromatic carbocycles. The molecule has 1 aromatic heterocycles. The van der Waals surface area contributed by atoms with Crippen molar-refractivity contribution in [3.8, 4) is 0 Å². The summed E-state index contributed by atoms with van der Waals surface area (Å²) in [6.45, 7) is 2.93. The number of anilines is 1. The monoisotopic (exact) mass is 303 g/mol. The highest BCUT2D eigenvalue weighted by Crippen LogP contribution is 2.33. The minimum absolute atomic E-state index is 0.124. The van der Waals surface area contributed by atoms with Crippen LogP contribution in [0.2, 0.25) is 0 Å². The number of piperidine rings is 1. The number of aliphatic hydroxyl groups is 1. The van der Waals surface area contributed by atoms with Gasteiger partial charge in [0.05, 0.1) is 5.56 Å². The summed E-state index contributed by atoms with van der Waals surface area (Å²) < 4.78 is 38.4. The molecule has 0 saturated carbocycles. The molecule has 7 heteroatoms. The number of rotatable bonds is 5. The van der Waals surface area contributed by atoms with Crippen LogP contribution in [-0.2, 0) is 6.18 Å². The lowest BCUT2D eigenvalue weighted by Crippen LogP contribution is -2.39. The van der Waals surface area contributed by atoms with E-state index in [1.54, 1.807) is 0 Å². The molecule has 0 bridgehead atoms. The van der Waals surface area contributed by atoms with Crippen molar-refractivity contribution >= 4 is 5.82 Å². The summed E-state index contributed by atoms with van der Waals surface area (Å²) in [6, 6.07) is 2.31. The summed E-state index contributed by atoms with van der Waals surface area (Å²) in [6.07, 6.45) is -1.02. The molecule has 1 aromatic rings. The van der Waals surface area contributed by atoms with Gasteiger partial charge in [0.1, 0.15) is 5.82 Å². The normalized spacial score (nSPS) is 20.5. The molecule has 0 amide bonds. The summed E-state index contributed by atoms with van der Waals surface area (Å²) in [5.41, 5.74) is -0.739. The van der Waals surface area contributed by atoms with Crippen LogP contribution in [0.5, 0.6) is 0 Å². The fourth-order valence-electron chi connectivity index (χ4n) is 2.61. The van der Waals surface area contributed by atoms with Crippen LogP contribution in [0, 0.1) is 5.92 Å². The SMILES string of the molecule is OC[C@@H]1CCCN(CCNc2ncccc2C(F)(F)F)C1. The summed E-state index contributed by atoms with van der Waals surface area (Å²) in [5.74, 6) is 0.153. The first-order chi connectivity index (χ1) is 10.0. The molecule has 1 fully saturated rings. The van der Waals surface area contributed by atoms with Crippen LogP contribution in [0.25, 0.3) is 0 Å².